The summed E-state index contributed by atoms with van der Waals surface area (Å²) in [7, 11) is 0. The van der Waals surface area contributed by atoms with Crippen LogP contribution in [0.3, 0.4) is 0 Å². The van der Waals surface area contributed by atoms with E-state index in [1.807, 2.05) is 19.1 Å². The normalized spacial score (nSPS) is 18.2. The van der Waals surface area contributed by atoms with E-state index in [1.54, 1.807) is 18.7 Å². The smallest absolute Gasteiger partial charge is 0.314 e. The average Bonchev–Trinajstić information content (AvgIpc) is 2.33. The zero-order valence-corrected chi connectivity index (χ0v) is 13.4. The highest BCUT2D eigenvalue weighted by Gasteiger charge is 2.46. The van der Waals surface area contributed by atoms with Crippen LogP contribution in [-0.4, -0.2) is 37.3 Å². The molecule has 1 aromatic rings. The van der Waals surface area contributed by atoms with Crippen molar-refractivity contribution in [2.24, 2.45) is 0 Å². The lowest BCUT2D eigenvalue weighted by atomic mass is 9.92. The van der Waals surface area contributed by atoms with Crippen LogP contribution in [0.4, 0.5) is 13.2 Å². The highest BCUT2D eigenvalue weighted by Crippen LogP contribution is 2.40. The number of aryl methyl sites for hydroxylation is 3. The van der Waals surface area contributed by atoms with Crippen LogP contribution in [0.25, 0.3) is 0 Å². The minimum atomic E-state index is -4.25. The highest BCUT2D eigenvalue weighted by molar-refractivity contribution is 5.85. The minimum Gasteiger partial charge on any atom is -0.314 e. The maximum atomic E-state index is 13.6. The molecular weight excluding hydrogens is 301 g/mol. The van der Waals surface area contributed by atoms with Crippen LogP contribution in [0.5, 0.6) is 0 Å². The lowest BCUT2D eigenvalue weighted by Gasteiger charge is -2.37. The zero-order chi connectivity index (χ0) is 14.9. The van der Waals surface area contributed by atoms with Crippen molar-refractivity contribution >= 4 is 12.4 Å². The van der Waals surface area contributed by atoms with Crippen molar-refractivity contribution in [2.75, 3.05) is 26.2 Å². The number of halogens is 4. The molecule has 1 saturated heterocycles. The first-order chi connectivity index (χ1) is 9.30. The van der Waals surface area contributed by atoms with Crippen LogP contribution in [0.2, 0.25) is 0 Å². The molecule has 2 rings (SSSR count). The predicted molar refractivity (Wildman–Crippen MR) is 81.1 cm³/mol. The van der Waals surface area contributed by atoms with E-state index in [-0.39, 0.29) is 12.4 Å². The third kappa shape index (κ3) is 4.11. The van der Waals surface area contributed by atoms with Crippen LogP contribution in [-0.2, 0) is 0 Å². The first-order valence-corrected chi connectivity index (χ1v) is 6.90. The summed E-state index contributed by atoms with van der Waals surface area (Å²) in [5.74, 6) is 0. The van der Waals surface area contributed by atoms with Crippen LogP contribution in [0, 0.1) is 20.8 Å². The van der Waals surface area contributed by atoms with Gasteiger partial charge in [0, 0.05) is 26.2 Å². The Hall–Kier alpha value is -0.780. The Morgan fingerprint density at radius 2 is 1.52 bits per heavy atom. The van der Waals surface area contributed by atoms with Crippen molar-refractivity contribution in [3.8, 4) is 0 Å². The molecule has 1 fully saturated rings. The second-order valence-electron chi connectivity index (χ2n) is 5.54. The molecular formula is C15H22ClF3N2. The van der Waals surface area contributed by atoms with Crippen molar-refractivity contribution in [3.05, 3.63) is 34.4 Å². The first-order valence-electron chi connectivity index (χ1n) is 6.90. The fraction of sp³-hybridized carbons (Fsp3) is 0.600. The van der Waals surface area contributed by atoms with Crippen LogP contribution in [0.15, 0.2) is 12.1 Å². The quantitative estimate of drug-likeness (QED) is 0.896. The molecule has 0 radical (unpaired) electrons. The van der Waals surface area contributed by atoms with Crippen LogP contribution < -0.4 is 5.32 Å². The predicted octanol–water partition coefficient (Wildman–Crippen LogP) is 3.54. The number of rotatable bonds is 2. The van der Waals surface area contributed by atoms with Crippen molar-refractivity contribution in [3.63, 3.8) is 0 Å². The fourth-order valence-electron chi connectivity index (χ4n) is 3.12. The summed E-state index contributed by atoms with van der Waals surface area (Å²) in [6.07, 6.45) is -4.25. The summed E-state index contributed by atoms with van der Waals surface area (Å²) in [6.45, 7) is 7.53. The maximum Gasteiger partial charge on any atom is 0.408 e. The molecule has 0 unspecified atom stereocenters. The molecule has 1 aliphatic heterocycles. The second-order valence-corrected chi connectivity index (χ2v) is 5.54. The van der Waals surface area contributed by atoms with Gasteiger partial charge in [0.1, 0.15) is 6.04 Å². The number of benzene rings is 1. The monoisotopic (exact) mass is 322 g/mol. The molecule has 0 aromatic heterocycles. The number of nitrogens with one attached hydrogen (secondary N) is 1. The standard InChI is InChI=1S/C15H21F3N2.ClH/c1-10-8-11(2)13(12(3)9-10)14(15(16,17)18)20-6-4-19-5-7-20;/h8-9,14,19H,4-7H2,1-3H3;1H/t14-;/m0./s1. The average molecular weight is 323 g/mol. The van der Waals surface area contributed by atoms with Crippen molar-refractivity contribution in [2.45, 2.75) is 33.0 Å². The van der Waals surface area contributed by atoms with Gasteiger partial charge in [0.05, 0.1) is 0 Å². The molecule has 0 saturated carbocycles. The maximum absolute atomic E-state index is 13.6. The largest absolute Gasteiger partial charge is 0.408 e. The number of hydrogen-bond acceptors (Lipinski definition) is 2. The third-order valence-electron chi connectivity index (χ3n) is 3.84. The molecule has 1 atom stereocenters. The molecule has 1 aliphatic rings. The summed E-state index contributed by atoms with van der Waals surface area (Å²) >= 11 is 0. The SMILES string of the molecule is Cc1cc(C)c([C@H](N2CCNCC2)C(F)(F)F)c(C)c1.Cl. The van der Waals surface area contributed by atoms with E-state index in [0.717, 1.165) is 16.7 Å². The molecule has 2 nitrogen and oxygen atoms in total. The van der Waals surface area contributed by atoms with E-state index in [1.165, 1.54) is 0 Å². The summed E-state index contributed by atoms with van der Waals surface area (Å²) in [6, 6.07) is 2.18. The Bertz CT molecular complexity index is 459. The lowest BCUT2D eigenvalue weighted by Crippen LogP contribution is -2.49. The minimum absolute atomic E-state index is 0. The van der Waals surface area contributed by atoms with E-state index in [9.17, 15) is 13.2 Å². The zero-order valence-electron chi connectivity index (χ0n) is 12.5. The topological polar surface area (TPSA) is 15.3 Å². The molecule has 120 valence electrons. The van der Waals surface area contributed by atoms with Crippen molar-refractivity contribution in [1.29, 1.82) is 0 Å². The van der Waals surface area contributed by atoms with Gasteiger partial charge in [-0.2, -0.15) is 13.2 Å². The first kappa shape index (κ1) is 18.3. The molecule has 0 amide bonds. The summed E-state index contributed by atoms with van der Waals surface area (Å²) in [5, 5.41) is 3.10. The van der Waals surface area contributed by atoms with Gasteiger partial charge in [0.15, 0.2) is 0 Å². The van der Waals surface area contributed by atoms with E-state index in [0.29, 0.717) is 31.7 Å². The van der Waals surface area contributed by atoms with Gasteiger partial charge in [-0.3, -0.25) is 4.90 Å². The number of nitrogens with zero attached hydrogens (tertiary/aromatic N) is 1. The lowest BCUT2D eigenvalue weighted by molar-refractivity contribution is -0.188. The highest BCUT2D eigenvalue weighted by atomic mass is 35.5. The van der Waals surface area contributed by atoms with Gasteiger partial charge in [-0.15, -0.1) is 12.4 Å². The Balaban J connectivity index is 0.00000220. The van der Waals surface area contributed by atoms with Gasteiger partial charge in [-0.25, -0.2) is 0 Å². The molecule has 0 aliphatic carbocycles. The molecule has 0 bridgehead atoms. The van der Waals surface area contributed by atoms with Gasteiger partial charge in [0.2, 0.25) is 0 Å². The Morgan fingerprint density at radius 3 is 1.95 bits per heavy atom. The summed E-state index contributed by atoms with van der Waals surface area (Å²) < 4.78 is 40.8. The summed E-state index contributed by atoms with van der Waals surface area (Å²) in [5.41, 5.74) is 2.88. The molecule has 6 heteroatoms. The van der Waals surface area contributed by atoms with E-state index >= 15 is 0 Å². The molecule has 0 spiro atoms. The number of piperazine rings is 1. The van der Waals surface area contributed by atoms with Gasteiger partial charge < -0.3 is 5.32 Å². The molecule has 1 N–H and O–H groups in total. The summed E-state index contributed by atoms with van der Waals surface area (Å²) in [4.78, 5) is 1.54. The van der Waals surface area contributed by atoms with Crippen molar-refractivity contribution < 1.29 is 13.2 Å². The molecule has 1 aromatic carbocycles. The van der Waals surface area contributed by atoms with Crippen LogP contribution in [0.1, 0.15) is 28.3 Å². The van der Waals surface area contributed by atoms with Gasteiger partial charge in [0.25, 0.3) is 0 Å². The Morgan fingerprint density at radius 1 is 1.05 bits per heavy atom. The number of alkyl halides is 3. The van der Waals surface area contributed by atoms with Crippen molar-refractivity contribution in [1.82, 2.24) is 10.2 Å². The fourth-order valence-corrected chi connectivity index (χ4v) is 3.12. The van der Waals surface area contributed by atoms with Gasteiger partial charge in [-0.05, 0) is 37.5 Å². The Labute approximate surface area is 130 Å². The second kappa shape index (κ2) is 6.99. The van der Waals surface area contributed by atoms with E-state index in [2.05, 4.69) is 5.32 Å². The van der Waals surface area contributed by atoms with E-state index < -0.39 is 12.2 Å². The number of hydrogen-bond donors (Lipinski definition) is 1. The van der Waals surface area contributed by atoms with Gasteiger partial charge in [-0.1, -0.05) is 17.7 Å². The molecule has 1 heterocycles. The van der Waals surface area contributed by atoms with Crippen LogP contribution >= 0.6 is 12.4 Å². The van der Waals surface area contributed by atoms with E-state index in [4.69, 9.17) is 0 Å². The third-order valence-corrected chi connectivity index (χ3v) is 3.84. The molecule has 21 heavy (non-hydrogen) atoms. The Kier molecular flexibility index (Phi) is 6.08. The van der Waals surface area contributed by atoms with Gasteiger partial charge >= 0.3 is 6.18 Å².